The van der Waals surface area contributed by atoms with Crippen molar-refractivity contribution in [2.45, 2.75) is 39.2 Å². The van der Waals surface area contributed by atoms with Crippen molar-refractivity contribution in [2.24, 2.45) is 0 Å². The number of hydrogen-bond donors (Lipinski definition) is 0. The molecule has 0 aliphatic carbocycles. The molecule has 18 heavy (non-hydrogen) atoms. The van der Waals surface area contributed by atoms with Gasteiger partial charge in [0, 0.05) is 5.38 Å². The molecule has 1 aliphatic rings. The zero-order valence-electron chi connectivity index (χ0n) is 10.9. The number of piperidine rings is 1. The van der Waals surface area contributed by atoms with Crippen molar-refractivity contribution in [3.63, 3.8) is 0 Å². The molecule has 1 aromatic heterocycles. The van der Waals surface area contributed by atoms with Crippen LogP contribution in [0.25, 0.3) is 0 Å². The summed E-state index contributed by atoms with van der Waals surface area (Å²) in [7, 11) is 0. The van der Waals surface area contributed by atoms with Gasteiger partial charge in [-0.05, 0) is 32.9 Å². The van der Waals surface area contributed by atoms with E-state index in [1.54, 1.807) is 11.3 Å². The number of rotatable bonds is 5. The van der Waals surface area contributed by atoms with Gasteiger partial charge in [-0.3, -0.25) is 9.69 Å². The SMILES string of the molecule is CCOC(=O)Cc1csc(CN2CCCCC2)n1. The van der Waals surface area contributed by atoms with Gasteiger partial charge in [-0.2, -0.15) is 0 Å². The summed E-state index contributed by atoms with van der Waals surface area (Å²) in [5.41, 5.74) is 0.838. The van der Waals surface area contributed by atoms with Crippen LogP contribution in [0.3, 0.4) is 0 Å². The van der Waals surface area contributed by atoms with Gasteiger partial charge in [0.25, 0.3) is 0 Å². The van der Waals surface area contributed by atoms with Gasteiger partial charge in [-0.25, -0.2) is 4.98 Å². The largest absolute Gasteiger partial charge is 0.466 e. The van der Waals surface area contributed by atoms with E-state index in [1.165, 1.54) is 32.4 Å². The van der Waals surface area contributed by atoms with Crippen LogP contribution in [0.4, 0.5) is 0 Å². The van der Waals surface area contributed by atoms with Gasteiger partial charge in [0.15, 0.2) is 0 Å². The number of likely N-dealkylation sites (tertiary alicyclic amines) is 1. The van der Waals surface area contributed by atoms with E-state index in [0.29, 0.717) is 13.0 Å². The fourth-order valence-corrected chi connectivity index (χ4v) is 3.01. The zero-order chi connectivity index (χ0) is 12.8. The lowest BCUT2D eigenvalue weighted by molar-refractivity contribution is -0.142. The van der Waals surface area contributed by atoms with Crippen molar-refractivity contribution in [2.75, 3.05) is 19.7 Å². The normalized spacial score (nSPS) is 16.7. The van der Waals surface area contributed by atoms with Crippen molar-refractivity contribution in [3.8, 4) is 0 Å². The Bertz CT molecular complexity index is 386. The van der Waals surface area contributed by atoms with Crippen LogP contribution in [0.5, 0.6) is 0 Å². The number of nitrogens with zero attached hydrogens (tertiary/aromatic N) is 2. The van der Waals surface area contributed by atoms with E-state index in [4.69, 9.17) is 4.74 Å². The lowest BCUT2D eigenvalue weighted by Gasteiger charge is -2.25. The summed E-state index contributed by atoms with van der Waals surface area (Å²) in [5, 5.41) is 3.08. The number of esters is 1. The van der Waals surface area contributed by atoms with Crippen LogP contribution in [0, 0.1) is 0 Å². The Balaban J connectivity index is 1.83. The molecule has 0 saturated carbocycles. The van der Waals surface area contributed by atoms with Crippen molar-refractivity contribution >= 4 is 17.3 Å². The molecule has 0 aromatic carbocycles. The minimum Gasteiger partial charge on any atom is -0.466 e. The van der Waals surface area contributed by atoms with Gasteiger partial charge in [-0.1, -0.05) is 6.42 Å². The minimum atomic E-state index is -0.188. The molecule has 0 amide bonds. The highest BCUT2D eigenvalue weighted by molar-refractivity contribution is 7.09. The fraction of sp³-hybridized carbons (Fsp3) is 0.692. The maximum atomic E-state index is 11.3. The van der Waals surface area contributed by atoms with Gasteiger partial charge in [-0.15, -0.1) is 11.3 Å². The van der Waals surface area contributed by atoms with Gasteiger partial charge in [0.1, 0.15) is 5.01 Å². The van der Waals surface area contributed by atoms with Crippen LogP contribution in [0.15, 0.2) is 5.38 Å². The summed E-state index contributed by atoms with van der Waals surface area (Å²) in [6, 6.07) is 0. The molecule has 0 N–H and O–H groups in total. The Morgan fingerprint density at radius 1 is 1.44 bits per heavy atom. The quantitative estimate of drug-likeness (QED) is 0.768. The standard InChI is InChI=1S/C13H20N2O2S/c1-2-17-13(16)8-11-10-18-12(14-11)9-15-6-4-3-5-7-15/h10H,2-9H2,1H3. The highest BCUT2D eigenvalue weighted by Crippen LogP contribution is 2.16. The van der Waals surface area contributed by atoms with E-state index in [0.717, 1.165) is 17.2 Å². The van der Waals surface area contributed by atoms with Gasteiger partial charge >= 0.3 is 5.97 Å². The smallest absolute Gasteiger partial charge is 0.311 e. The van der Waals surface area contributed by atoms with Crippen LogP contribution < -0.4 is 0 Å². The highest BCUT2D eigenvalue weighted by Gasteiger charge is 2.13. The first-order chi connectivity index (χ1) is 8.78. The summed E-state index contributed by atoms with van der Waals surface area (Å²) in [6.45, 7) is 5.53. The molecule has 0 radical (unpaired) electrons. The molecular formula is C13H20N2O2S. The van der Waals surface area contributed by atoms with Gasteiger partial charge < -0.3 is 4.74 Å². The minimum absolute atomic E-state index is 0.188. The van der Waals surface area contributed by atoms with E-state index in [9.17, 15) is 4.79 Å². The second-order valence-corrected chi connectivity index (χ2v) is 5.49. The van der Waals surface area contributed by atoms with Crippen LogP contribution >= 0.6 is 11.3 Å². The average Bonchev–Trinajstić information content (AvgIpc) is 2.78. The number of ether oxygens (including phenoxy) is 1. The second-order valence-electron chi connectivity index (χ2n) is 4.55. The molecule has 2 heterocycles. The third-order valence-corrected chi connectivity index (χ3v) is 3.92. The molecule has 0 atom stereocenters. The summed E-state index contributed by atoms with van der Waals surface area (Å²) in [4.78, 5) is 18.3. The Labute approximate surface area is 112 Å². The topological polar surface area (TPSA) is 42.4 Å². The van der Waals surface area contributed by atoms with Crippen molar-refractivity contribution in [3.05, 3.63) is 16.1 Å². The van der Waals surface area contributed by atoms with Crippen LogP contribution in [0.1, 0.15) is 36.9 Å². The summed E-state index contributed by atoms with van der Waals surface area (Å²) in [6.07, 6.45) is 4.23. The summed E-state index contributed by atoms with van der Waals surface area (Å²) < 4.78 is 4.92. The highest BCUT2D eigenvalue weighted by atomic mass is 32.1. The van der Waals surface area contributed by atoms with Crippen molar-refractivity contribution in [1.29, 1.82) is 0 Å². The van der Waals surface area contributed by atoms with Gasteiger partial charge in [0.05, 0.1) is 25.3 Å². The second kappa shape index (κ2) is 6.85. The molecule has 1 fully saturated rings. The van der Waals surface area contributed by atoms with Crippen LogP contribution in [-0.4, -0.2) is 35.5 Å². The molecule has 100 valence electrons. The molecule has 0 bridgehead atoms. The number of carbonyl (C=O) groups excluding carboxylic acids is 1. The fourth-order valence-electron chi connectivity index (χ4n) is 2.17. The monoisotopic (exact) mass is 268 g/mol. The molecule has 1 aliphatic heterocycles. The predicted molar refractivity (Wildman–Crippen MR) is 71.6 cm³/mol. The van der Waals surface area contributed by atoms with Crippen LogP contribution in [0.2, 0.25) is 0 Å². The molecule has 5 heteroatoms. The van der Waals surface area contributed by atoms with E-state index in [-0.39, 0.29) is 5.97 Å². The van der Waals surface area contributed by atoms with E-state index < -0.39 is 0 Å². The molecule has 1 aromatic rings. The van der Waals surface area contributed by atoms with Gasteiger partial charge in [0.2, 0.25) is 0 Å². The first-order valence-electron chi connectivity index (χ1n) is 6.59. The Hall–Kier alpha value is -0.940. The maximum absolute atomic E-state index is 11.3. The van der Waals surface area contributed by atoms with E-state index in [1.807, 2.05) is 12.3 Å². The predicted octanol–water partition coefficient (Wildman–Crippen LogP) is 2.23. The number of hydrogen-bond acceptors (Lipinski definition) is 5. The molecular weight excluding hydrogens is 248 g/mol. The first-order valence-corrected chi connectivity index (χ1v) is 7.47. The van der Waals surface area contributed by atoms with E-state index in [2.05, 4.69) is 9.88 Å². The Kier molecular flexibility index (Phi) is 5.13. The molecule has 4 nitrogen and oxygen atoms in total. The maximum Gasteiger partial charge on any atom is 0.311 e. The molecule has 1 saturated heterocycles. The third-order valence-electron chi connectivity index (χ3n) is 3.04. The Morgan fingerprint density at radius 3 is 2.94 bits per heavy atom. The molecule has 0 unspecified atom stereocenters. The van der Waals surface area contributed by atoms with Crippen LogP contribution in [-0.2, 0) is 22.5 Å². The number of thiazole rings is 1. The van der Waals surface area contributed by atoms with Crippen molar-refractivity contribution < 1.29 is 9.53 Å². The third kappa shape index (κ3) is 4.07. The average molecular weight is 268 g/mol. The molecule has 0 spiro atoms. The number of carbonyl (C=O) groups is 1. The lowest BCUT2D eigenvalue weighted by Crippen LogP contribution is -2.29. The zero-order valence-corrected chi connectivity index (χ0v) is 11.7. The van der Waals surface area contributed by atoms with Crippen molar-refractivity contribution in [1.82, 2.24) is 9.88 Å². The lowest BCUT2D eigenvalue weighted by atomic mass is 10.1. The summed E-state index contributed by atoms with van der Waals surface area (Å²) >= 11 is 1.64. The van der Waals surface area contributed by atoms with E-state index >= 15 is 0 Å². The molecule has 2 rings (SSSR count). The summed E-state index contributed by atoms with van der Waals surface area (Å²) in [5.74, 6) is -0.188. The number of aromatic nitrogens is 1. The first kappa shape index (κ1) is 13.5. The Morgan fingerprint density at radius 2 is 2.22 bits per heavy atom.